The Balaban J connectivity index is 1.55. The fraction of sp³-hybridized carbons (Fsp3) is 0.316. The molecule has 9 nitrogen and oxygen atoms in total. The molecule has 2 N–H and O–H groups in total. The topological polar surface area (TPSA) is 121 Å². The van der Waals surface area contributed by atoms with Crippen molar-refractivity contribution >= 4 is 12.6 Å². The Kier molecular flexibility index (Phi) is 10.5. The van der Waals surface area contributed by atoms with Crippen molar-refractivity contribution in [3.8, 4) is 23.0 Å². The van der Waals surface area contributed by atoms with E-state index in [1.54, 1.807) is 24.3 Å². The predicted molar refractivity (Wildman–Crippen MR) is 175 cm³/mol. The summed E-state index contributed by atoms with van der Waals surface area (Å²) >= 11 is 0. The molecule has 0 unspecified atom stereocenters. The summed E-state index contributed by atoms with van der Waals surface area (Å²) < 4.78 is 29.8. The molecule has 0 spiro atoms. The molecule has 47 heavy (non-hydrogen) atoms. The van der Waals surface area contributed by atoms with E-state index in [-0.39, 0.29) is 50.4 Å². The van der Waals surface area contributed by atoms with Crippen LogP contribution in [0.5, 0.6) is 23.0 Å². The minimum atomic E-state index is 0.0997. The van der Waals surface area contributed by atoms with Gasteiger partial charge in [0.1, 0.15) is 48.8 Å². The van der Waals surface area contributed by atoms with Crippen molar-refractivity contribution in [1.82, 2.24) is 0 Å². The van der Waals surface area contributed by atoms with E-state index in [1.807, 2.05) is 36.4 Å². The van der Waals surface area contributed by atoms with E-state index < -0.39 is 0 Å². The second-order valence-electron chi connectivity index (χ2n) is 11.7. The zero-order chi connectivity index (χ0) is 32.6. The predicted octanol–water partition coefficient (Wildman–Crippen LogP) is 5.22. The number of carbonyl (C=O) groups excluding carboxylic acids is 2. The molecule has 0 atom stereocenters. The summed E-state index contributed by atoms with van der Waals surface area (Å²) in [6.07, 6.45) is 2.70. The van der Waals surface area contributed by atoms with Crippen molar-refractivity contribution in [1.29, 1.82) is 0 Å². The Morgan fingerprint density at radius 2 is 0.745 bits per heavy atom. The summed E-state index contributed by atoms with van der Waals surface area (Å²) in [4.78, 5) is 24.2. The quantitative estimate of drug-likeness (QED) is 0.251. The summed E-state index contributed by atoms with van der Waals surface area (Å²) in [7, 11) is 0. The average molecular weight is 639 g/mol. The maximum absolute atomic E-state index is 12.1. The zero-order valence-electron chi connectivity index (χ0n) is 26.2. The van der Waals surface area contributed by atoms with Crippen molar-refractivity contribution in [3.63, 3.8) is 0 Å². The highest BCUT2D eigenvalue weighted by atomic mass is 16.6. The summed E-state index contributed by atoms with van der Waals surface area (Å²) in [6.45, 7) is 2.76. The van der Waals surface area contributed by atoms with E-state index >= 15 is 0 Å². The van der Waals surface area contributed by atoms with Crippen molar-refractivity contribution < 1.29 is 43.5 Å². The maximum Gasteiger partial charge on any atom is 0.150 e. The van der Waals surface area contributed by atoms with Gasteiger partial charge in [-0.25, -0.2) is 0 Å². The highest BCUT2D eigenvalue weighted by Crippen LogP contribution is 2.38. The molecule has 0 saturated carbocycles. The van der Waals surface area contributed by atoms with E-state index in [0.29, 0.717) is 84.5 Å². The van der Waals surface area contributed by atoms with Crippen LogP contribution >= 0.6 is 0 Å². The Morgan fingerprint density at radius 1 is 0.447 bits per heavy atom. The van der Waals surface area contributed by atoms with Gasteiger partial charge in [-0.3, -0.25) is 9.59 Å². The molecule has 244 valence electrons. The summed E-state index contributed by atoms with van der Waals surface area (Å²) in [6, 6.07) is 18.3. The van der Waals surface area contributed by atoms with E-state index in [1.165, 1.54) is 0 Å². The first-order chi connectivity index (χ1) is 23.0. The number of hydrogen-bond donors (Lipinski definition) is 2. The van der Waals surface area contributed by atoms with Crippen LogP contribution in [0, 0.1) is 0 Å². The molecule has 6 rings (SSSR count). The van der Waals surface area contributed by atoms with Crippen LogP contribution in [0.1, 0.15) is 65.2 Å². The van der Waals surface area contributed by atoms with Crippen LogP contribution in [0.15, 0.2) is 60.7 Å². The molecule has 0 amide bonds. The molecule has 10 bridgehead atoms. The smallest absolute Gasteiger partial charge is 0.150 e. The van der Waals surface area contributed by atoms with Gasteiger partial charge in [-0.1, -0.05) is 36.4 Å². The van der Waals surface area contributed by atoms with Crippen molar-refractivity contribution in [2.75, 3.05) is 52.9 Å². The summed E-state index contributed by atoms with van der Waals surface area (Å²) in [5, 5.41) is 23.3. The van der Waals surface area contributed by atoms with E-state index in [9.17, 15) is 19.8 Å². The molecule has 0 fully saturated rings. The van der Waals surface area contributed by atoms with Crippen molar-refractivity contribution in [2.45, 2.75) is 25.7 Å². The second-order valence-corrected chi connectivity index (χ2v) is 11.7. The van der Waals surface area contributed by atoms with Crippen molar-refractivity contribution in [3.05, 3.63) is 116 Å². The largest absolute Gasteiger partial charge is 0.507 e. The van der Waals surface area contributed by atoms with Gasteiger partial charge in [0.2, 0.25) is 0 Å². The van der Waals surface area contributed by atoms with E-state index in [0.717, 1.165) is 34.8 Å². The number of aromatic hydroxyl groups is 2. The Hall–Kier alpha value is -4.70. The molecular formula is C38H38O9. The molecular weight excluding hydrogens is 600 g/mol. The number of phenolic OH excluding ortho intramolecular Hbond substituents is 2. The lowest BCUT2D eigenvalue weighted by Gasteiger charge is -2.21. The Morgan fingerprint density at radius 3 is 1.04 bits per heavy atom. The first-order valence-electron chi connectivity index (χ1n) is 15.8. The third kappa shape index (κ3) is 7.65. The van der Waals surface area contributed by atoms with E-state index in [2.05, 4.69) is 0 Å². The summed E-state index contributed by atoms with van der Waals surface area (Å²) in [5.74, 6) is 1.38. The number of para-hydroxylation sites is 2. The van der Waals surface area contributed by atoms with Crippen LogP contribution in [-0.2, 0) is 39.9 Å². The number of ether oxygens (including phenoxy) is 5. The van der Waals surface area contributed by atoms with Crippen LogP contribution < -0.4 is 9.47 Å². The van der Waals surface area contributed by atoms with Gasteiger partial charge in [0.15, 0.2) is 0 Å². The number of phenols is 2. The van der Waals surface area contributed by atoms with Crippen LogP contribution in [0.3, 0.4) is 0 Å². The molecule has 1 heterocycles. The normalized spacial score (nSPS) is 15.9. The number of aldehydes is 2. The van der Waals surface area contributed by atoms with Crippen LogP contribution in [0.25, 0.3) is 0 Å². The molecule has 1 aliphatic carbocycles. The van der Waals surface area contributed by atoms with Gasteiger partial charge in [-0.05, 0) is 68.8 Å². The monoisotopic (exact) mass is 638 g/mol. The SMILES string of the molecule is O=Cc1cc2c(O)c(c1)Cc1cccc3c1OCCOCCOCCOCCOc1c(cccc1Cc1cc(C=O)cc(c1O)C3)C2. The lowest BCUT2D eigenvalue weighted by atomic mass is 9.90. The standard InChI is InChI=1S/C38H38O9/c39-23-25-15-31-19-27-3-1-4-28-20-32-16-26(24-40)18-34(36(32)42)22-30-6-2-5-29(21-33(17-25)35(31)41)38(30)47-14-12-45-10-8-43-7-9-44-11-13-46-37(27)28/h1-6,15-18,23-24,41-42H,7-14,19-22H2. The van der Waals surface area contributed by atoms with Crippen LogP contribution in [0.2, 0.25) is 0 Å². The fourth-order valence-electron chi connectivity index (χ4n) is 6.22. The minimum Gasteiger partial charge on any atom is -0.507 e. The molecule has 0 aromatic heterocycles. The molecule has 0 radical (unpaired) electrons. The van der Waals surface area contributed by atoms with Gasteiger partial charge in [0.05, 0.1) is 39.6 Å². The third-order valence-corrected chi connectivity index (χ3v) is 8.42. The number of carbonyl (C=O) groups is 2. The van der Waals surface area contributed by atoms with Gasteiger partial charge in [-0.2, -0.15) is 0 Å². The highest BCUT2D eigenvalue weighted by Gasteiger charge is 2.21. The molecule has 1 aliphatic heterocycles. The Labute approximate surface area is 273 Å². The lowest BCUT2D eigenvalue weighted by molar-refractivity contribution is 0.00484. The molecule has 2 aliphatic rings. The van der Waals surface area contributed by atoms with Gasteiger partial charge >= 0.3 is 0 Å². The number of fused-ring (bicyclic) bond motifs is 2. The van der Waals surface area contributed by atoms with E-state index in [4.69, 9.17) is 23.7 Å². The minimum absolute atomic E-state index is 0.0997. The zero-order valence-corrected chi connectivity index (χ0v) is 26.2. The first-order valence-corrected chi connectivity index (χ1v) is 15.8. The van der Waals surface area contributed by atoms with Crippen LogP contribution in [0.4, 0.5) is 0 Å². The summed E-state index contributed by atoms with van der Waals surface area (Å²) in [5.41, 5.74) is 6.39. The molecule has 9 heteroatoms. The fourth-order valence-corrected chi connectivity index (χ4v) is 6.22. The first kappa shape index (κ1) is 32.2. The molecule has 0 saturated heterocycles. The molecule has 4 aromatic rings. The van der Waals surface area contributed by atoms with Crippen LogP contribution in [-0.4, -0.2) is 75.6 Å². The van der Waals surface area contributed by atoms with Gasteiger partial charge in [0.25, 0.3) is 0 Å². The average Bonchev–Trinajstić information content (AvgIpc) is 3.07. The maximum atomic E-state index is 12.1. The number of rotatable bonds is 2. The Bertz CT molecular complexity index is 1530. The number of hydrogen-bond acceptors (Lipinski definition) is 9. The van der Waals surface area contributed by atoms with Gasteiger partial charge in [0, 0.05) is 36.8 Å². The third-order valence-electron chi connectivity index (χ3n) is 8.42. The van der Waals surface area contributed by atoms with Gasteiger partial charge < -0.3 is 33.9 Å². The molecule has 4 aromatic carbocycles. The highest BCUT2D eigenvalue weighted by molar-refractivity contribution is 5.78. The lowest BCUT2D eigenvalue weighted by Crippen LogP contribution is -2.15. The number of benzene rings is 4. The van der Waals surface area contributed by atoms with Crippen molar-refractivity contribution in [2.24, 2.45) is 0 Å². The second kappa shape index (κ2) is 15.3. The van der Waals surface area contributed by atoms with Gasteiger partial charge in [-0.15, -0.1) is 0 Å².